The number of imidazole rings is 1. The molecule has 0 unspecified atom stereocenters. The van der Waals surface area contributed by atoms with E-state index in [1.54, 1.807) is 35.7 Å². The minimum Gasteiger partial charge on any atom is -0.408 e. The van der Waals surface area contributed by atoms with Gasteiger partial charge in [0.25, 0.3) is 10.7 Å². The summed E-state index contributed by atoms with van der Waals surface area (Å²) in [6.45, 7) is 0. The maximum absolute atomic E-state index is 5.16. The van der Waals surface area contributed by atoms with E-state index in [-0.39, 0.29) is 4.84 Å². The van der Waals surface area contributed by atoms with Crippen molar-refractivity contribution in [2.24, 2.45) is 0 Å². The van der Waals surface area contributed by atoms with Crippen molar-refractivity contribution in [1.82, 2.24) is 29.7 Å². The average molecular weight is 246 g/mol. The molecule has 3 aromatic rings. The first-order valence-electron chi connectivity index (χ1n) is 4.69. The molecule has 0 saturated carbocycles. The lowest BCUT2D eigenvalue weighted by molar-refractivity contribution is 0.550. The minimum absolute atomic E-state index is 0.217. The maximum Gasteiger partial charge on any atom is 0.284 e. The predicted octanol–water partition coefficient (Wildman–Crippen LogP) is 1.37. The molecule has 84 valence electrons. The molecule has 0 radical (unpaired) electrons. The summed E-state index contributed by atoms with van der Waals surface area (Å²) in [7, 11) is 0. The van der Waals surface area contributed by atoms with E-state index in [0.29, 0.717) is 17.4 Å². The van der Waals surface area contributed by atoms with Crippen LogP contribution in [0.5, 0.6) is 0 Å². The quantitative estimate of drug-likeness (QED) is 0.687. The Bertz CT molecular complexity index is 685. The van der Waals surface area contributed by atoms with Crippen LogP contribution in [-0.4, -0.2) is 29.7 Å². The third kappa shape index (κ3) is 1.85. The Kier molecular flexibility index (Phi) is 2.26. The fraction of sp³-hybridized carbons (Fsp3) is 0. The van der Waals surface area contributed by atoms with Crippen LogP contribution in [-0.2, 0) is 0 Å². The summed E-state index contributed by atoms with van der Waals surface area (Å²) in [6, 6.07) is 0. The molecule has 1 N–H and O–H groups in total. The maximum atomic E-state index is 5.16. The number of H-pyrrole nitrogens is 1. The van der Waals surface area contributed by atoms with E-state index in [0.717, 1.165) is 0 Å². The summed E-state index contributed by atoms with van der Waals surface area (Å²) >= 11 is 4.79. The van der Waals surface area contributed by atoms with Gasteiger partial charge in [0.05, 0.1) is 6.20 Å². The molecule has 3 rings (SSSR count). The standard InChI is InChI=1S/C9H6N6OS/c17-9-14-13-8(16-9)6-4-15(5-12-6)7-3-10-1-2-11-7/h1-5H,(H,14,17). The summed E-state index contributed by atoms with van der Waals surface area (Å²) in [5.74, 6) is 1.01. The van der Waals surface area contributed by atoms with Crippen molar-refractivity contribution in [3.63, 3.8) is 0 Å². The number of rotatable bonds is 2. The largest absolute Gasteiger partial charge is 0.408 e. The summed E-state index contributed by atoms with van der Waals surface area (Å²) in [4.78, 5) is 12.5. The number of nitrogens with one attached hydrogen (secondary N) is 1. The third-order valence-corrected chi connectivity index (χ3v) is 2.23. The van der Waals surface area contributed by atoms with Crippen molar-refractivity contribution in [2.45, 2.75) is 0 Å². The van der Waals surface area contributed by atoms with Gasteiger partial charge < -0.3 is 4.42 Å². The van der Waals surface area contributed by atoms with Crippen molar-refractivity contribution < 1.29 is 4.42 Å². The molecule has 0 aliphatic rings. The molecule has 0 spiro atoms. The van der Waals surface area contributed by atoms with Crippen molar-refractivity contribution in [3.05, 3.63) is 36.0 Å². The highest BCUT2D eigenvalue weighted by molar-refractivity contribution is 7.71. The molecular formula is C9H6N6OS. The Labute approximate surface area is 100 Å². The lowest BCUT2D eigenvalue weighted by Crippen LogP contribution is -1.93. The molecule has 3 aromatic heterocycles. The van der Waals surface area contributed by atoms with Crippen molar-refractivity contribution in [2.75, 3.05) is 0 Å². The van der Waals surface area contributed by atoms with Gasteiger partial charge in [-0.1, -0.05) is 0 Å². The zero-order valence-corrected chi connectivity index (χ0v) is 9.26. The van der Waals surface area contributed by atoms with Gasteiger partial charge in [-0.3, -0.25) is 9.55 Å². The molecule has 0 atom stereocenters. The number of hydrogen-bond acceptors (Lipinski definition) is 6. The molecule has 8 heteroatoms. The summed E-state index contributed by atoms with van der Waals surface area (Å²) in [6.07, 6.45) is 8.18. The van der Waals surface area contributed by atoms with Crippen LogP contribution in [0.2, 0.25) is 0 Å². The smallest absolute Gasteiger partial charge is 0.284 e. The highest BCUT2D eigenvalue weighted by Crippen LogP contribution is 2.15. The van der Waals surface area contributed by atoms with Crippen LogP contribution in [0.3, 0.4) is 0 Å². The van der Waals surface area contributed by atoms with Crippen molar-refractivity contribution in [3.8, 4) is 17.4 Å². The average Bonchev–Trinajstić information content (AvgIpc) is 2.98. The van der Waals surface area contributed by atoms with Crippen LogP contribution >= 0.6 is 12.2 Å². The molecule has 0 aromatic carbocycles. The Balaban J connectivity index is 2.01. The van der Waals surface area contributed by atoms with Gasteiger partial charge in [0.2, 0.25) is 0 Å². The third-order valence-electron chi connectivity index (χ3n) is 2.05. The molecule has 17 heavy (non-hydrogen) atoms. The fourth-order valence-corrected chi connectivity index (χ4v) is 1.45. The number of nitrogens with zero attached hydrogens (tertiary/aromatic N) is 5. The summed E-state index contributed by atoms with van der Waals surface area (Å²) in [5, 5.41) is 6.42. The summed E-state index contributed by atoms with van der Waals surface area (Å²) < 4.78 is 6.87. The van der Waals surface area contributed by atoms with Crippen LogP contribution in [0.1, 0.15) is 0 Å². The first-order chi connectivity index (χ1) is 8.33. The molecule has 0 saturated heterocycles. The van der Waals surface area contributed by atoms with Crippen molar-refractivity contribution in [1.29, 1.82) is 0 Å². The second-order valence-electron chi connectivity index (χ2n) is 3.15. The lowest BCUT2D eigenvalue weighted by Gasteiger charge is -1.96. The normalized spacial score (nSPS) is 10.6. The molecule has 7 nitrogen and oxygen atoms in total. The van der Waals surface area contributed by atoms with Crippen LogP contribution in [0.4, 0.5) is 0 Å². The van der Waals surface area contributed by atoms with Gasteiger partial charge in [-0.25, -0.2) is 15.1 Å². The van der Waals surface area contributed by atoms with E-state index in [2.05, 4.69) is 25.1 Å². The van der Waals surface area contributed by atoms with Gasteiger partial charge in [0.15, 0.2) is 5.82 Å². The molecule has 0 fully saturated rings. The van der Waals surface area contributed by atoms with Gasteiger partial charge in [-0.15, -0.1) is 5.10 Å². The molecule has 0 aliphatic carbocycles. The molecule has 0 bridgehead atoms. The first-order valence-corrected chi connectivity index (χ1v) is 5.10. The summed E-state index contributed by atoms with van der Waals surface area (Å²) in [5.41, 5.74) is 0.572. The molecular weight excluding hydrogens is 240 g/mol. The van der Waals surface area contributed by atoms with Gasteiger partial charge in [0.1, 0.15) is 12.0 Å². The first kappa shape index (κ1) is 9.85. The van der Waals surface area contributed by atoms with Crippen molar-refractivity contribution >= 4 is 12.2 Å². The highest BCUT2D eigenvalue weighted by atomic mass is 32.1. The van der Waals surface area contributed by atoms with E-state index in [1.807, 2.05) is 0 Å². The Morgan fingerprint density at radius 2 is 2.24 bits per heavy atom. The Morgan fingerprint density at radius 3 is 2.94 bits per heavy atom. The lowest BCUT2D eigenvalue weighted by atomic mass is 10.5. The van der Waals surface area contributed by atoms with Gasteiger partial charge in [-0.05, 0) is 12.2 Å². The Morgan fingerprint density at radius 1 is 1.29 bits per heavy atom. The zero-order valence-electron chi connectivity index (χ0n) is 8.44. The molecule has 0 aliphatic heterocycles. The van der Waals surface area contributed by atoms with Gasteiger partial charge in [-0.2, -0.15) is 0 Å². The number of aromatic nitrogens is 6. The van der Waals surface area contributed by atoms with E-state index in [4.69, 9.17) is 16.6 Å². The number of aromatic amines is 1. The second kappa shape index (κ2) is 3.91. The topological polar surface area (TPSA) is 85.4 Å². The Hall–Kier alpha value is -2.35. The van der Waals surface area contributed by atoms with Gasteiger partial charge in [0, 0.05) is 18.6 Å². The predicted molar refractivity (Wildman–Crippen MR) is 59.8 cm³/mol. The van der Waals surface area contributed by atoms with Gasteiger partial charge >= 0.3 is 0 Å². The van der Waals surface area contributed by atoms with Crippen LogP contribution in [0.25, 0.3) is 17.4 Å². The molecule has 3 heterocycles. The van der Waals surface area contributed by atoms with Crippen LogP contribution in [0, 0.1) is 4.84 Å². The van der Waals surface area contributed by atoms with E-state index in [9.17, 15) is 0 Å². The highest BCUT2D eigenvalue weighted by Gasteiger charge is 2.08. The zero-order chi connectivity index (χ0) is 11.7. The van der Waals surface area contributed by atoms with Crippen LogP contribution in [0.15, 0.2) is 35.5 Å². The minimum atomic E-state index is 0.217. The number of hydrogen-bond donors (Lipinski definition) is 1. The van der Waals surface area contributed by atoms with E-state index < -0.39 is 0 Å². The van der Waals surface area contributed by atoms with E-state index in [1.165, 1.54) is 0 Å². The fourth-order valence-electron chi connectivity index (χ4n) is 1.32. The van der Waals surface area contributed by atoms with Crippen LogP contribution < -0.4 is 0 Å². The second-order valence-corrected chi connectivity index (χ2v) is 3.52. The SMILES string of the molecule is S=c1[nH]nc(-c2cn(-c3cnccn3)cn2)o1. The monoisotopic (exact) mass is 246 g/mol. The van der Waals surface area contributed by atoms with E-state index >= 15 is 0 Å². The molecule has 0 amide bonds.